The summed E-state index contributed by atoms with van der Waals surface area (Å²) >= 11 is 7.52. The van der Waals surface area contributed by atoms with Gasteiger partial charge in [0.05, 0.1) is 23.0 Å². The van der Waals surface area contributed by atoms with Crippen molar-refractivity contribution in [1.82, 2.24) is 29.9 Å². The van der Waals surface area contributed by atoms with Crippen molar-refractivity contribution in [3.05, 3.63) is 40.8 Å². The van der Waals surface area contributed by atoms with Gasteiger partial charge in [-0.3, -0.25) is 4.98 Å². The Morgan fingerprint density at radius 3 is 3.00 bits per heavy atom. The van der Waals surface area contributed by atoms with Crippen LogP contribution in [0.2, 0.25) is 5.15 Å². The predicted molar refractivity (Wildman–Crippen MR) is 76.9 cm³/mol. The van der Waals surface area contributed by atoms with Gasteiger partial charge in [-0.1, -0.05) is 16.8 Å². The Bertz CT molecular complexity index is 882. The number of nitrogens with zero attached hydrogens (tertiary/aromatic N) is 6. The number of hydrogen-bond donors (Lipinski definition) is 0. The first kappa shape index (κ1) is 11.7. The van der Waals surface area contributed by atoms with Crippen molar-refractivity contribution in [3.63, 3.8) is 0 Å². The number of pyridine rings is 2. The third-order valence-electron chi connectivity index (χ3n) is 2.84. The summed E-state index contributed by atoms with van der Waals surface area (Å²) in [6.45, 7) is 0.517. The van der Waals surface area contributed by atoms with Gasteiger partial charge in [0.15, 0.2) is 5.65 Å². The van der Waals surface area contributed by atoms with E-state index in [4.69, 9.17) is 11.6 Å². The molecule has 0 amide bonds. The second kappa shape index (κ2) is 4.46. The van der Waals surface area contributed by atoms with Crippen LogP contribution in [0.3, 0.4) is 0 Å². The molecule has 0 N–H and O–H groups in total. The van der Waals surface area contributed by atoms with Gasteiger partial charge in [0.25, 0.3) is 0 Å². The minimum Gasteiger partial charge on any atom is -0.262 e. The Morgan fingerprint density at radius 1 is 1.15 bits per heavy atom. The molecule has 0 spiro atoms. The highest BCUT2D eigenvalue weighted by Gasteiger charge is 2.10. The average Bonchev–Trinajstić information content (AvgIpc) is 3.03. The van der Waals surface area contributed by atoms with E-state index < -0.39 is 0 Å². The summed E-state index contributed by atoms with van der Waals surface area (Å²) in [7, 11) is 0. The van der Waals surface area contributed by atoms with Gasteiger partial charge in [0.2, 0.25) is 0 Å². The van der Waals surface area contributed by atoms with E-state index in [1.807, 2.05) is 6.07 Å². The van der Waals surface area contributed by atoms with Crippen LogP contribution in [0.1, 0.15) is 5.01 Å². The standard InChI is InChI=1S/C12H7ClN6S/c13-10-2-1-7-12(16-10)19(18-17-7)6-11-15-8-5-14-4-3-9(8)20-11/h1-5H,6H2. The first-order valence-electron chi connectivity index (χ1n) is 5.85. The molecule has 0 bridgehead atoms. The third kappa shape index (κ3) is 1.91. The molecule has 0 saturated carbocycles. The lowest BCUT2D eigenvalue weighted by Crippen LogP contribution is -2.02. The Labute approximate surface area is 122 Å². The maximum Gasteiger partial charge on any atom is 0.180 e. The van der Waals surface area contributed by atoms with Gasteiger partial charge in [-0.15, -0.1) is 16.4 Å². The highest BCUT2D eigenvalue weighted by molar-refractivity contribution is 7.18. The second-order valence-electron chi connectivity index (χ2n) is 4.17. The largest absolute Gasteiger partial charge is 0.262 e. The molecule has 0 aliphatic heterocycles. The van der Waals surface area contributed by atoms with Crippen molar-refractivity contribution < 1.29 is 0 Å². The predicted octanol–water partition coefficient (Wildman–Crippen LogP) is 2.53. The van der Waals surface area contributed by atoms with Crippen molar-refractivity contribution in [3.8, 4) is 0 Å². The van der Waals surface area contributed by atoms with Gasteiger partial charge < -0.3 is 0 Å². The number of thiazole rings is 1. The highest BCUT2D eigenvalue weighted by Crippen LogP contribution is 2.22. The molecule has 0 fully saturated rings. The van der Waals surface area contributed by atoms with E-state index in [9.17, 15) is 0 Å². The monoisotopic (exact) mass is 302 g/mol. The molecule has 4 heterocycles. The lowest BCUT2D eigenvalue weighted by molar-refractivity contribution is 0.662. The summed E-state index contributed by atoms with van der Waals surface area (Å²) in [5.74, 6) is 0. The van der Waals surface area contributed by atoms with E-state index in [0.717, 1.165) is 20.7 Å². The van der Waals surface area contributed by atoms with Crippen molar-refractivity contribution in [2.45, 2.75) is 6.54 Å². The second-order valence-corrected chi connectivity index (χ2v) is 5.68. The van der Waals surface area contributed by atoms with Crippen LogP contribution < -0.4 is 0 Å². The maximum atomic E-state index is 5.91. The van der Waals surface area contributed by atoms with Gasteiger partial charge in [0, 0.05) is 6.20 Å². The molecule has 8 heteroatoms. The Balaban J connectivity index is 1.78. The number of halogens is 1. The van der Waals surface area contributed by atoms with Gasteiger partial charge >= 0.3 is 0 Å². The molecule has 20 heavy (non-hydrogen) atoms. The van der Waals surface area contributed by atoms with Gasteiger partial charge in [-0.2, -0.15) is 0 Å². The van der Waals surface area contributed by atoms with Crippen molar-refractivity contribution in [2.24, 2.45) is 0 Å². The van der Waals surface area contributed by atoms with Crippen LogP contribution >= 0.6 is 22.9 Å². The fraction of sp³-hybridized carbons (Fsp3) is 0.0833. The number of fused-ring (bicyclic) bond motifs is 2. The zero-order valence-electron chi connectivity index (χ0n) is 10.1. The topological polar surface area (TPSA) is 69.4 Å². The lowest BCUT2D eigenvalue weighted by atomic mass is 10.4. The van der Waals surface area contributed by atoms with E-state index in [1.54, 1.807) is 40.5 Å². The van der Waals surface area contributed by atoms with Crippen molar-refractivity contribution in [1.29, 1.82) is 0 Å². The highest BCUT2D eigenvalue weighted by atomic mass is 35.5. The molecular formula is C12H7ClN6S. The Kier molecular flexibility index (Phi) is 2.61. The van der Waals surface area contributed by atoms with Crippen LogP contribution in [0.15, 0.2) is 30.6 Å². The van der Waals surface area contributed by atoms with Crippen LogP contribution in [0, 0.1) is 0 Å². The molecule has 0 saturated heterocycles. The summed E-state index contributed by atoms with van der Waals surface area (Å²) in [6, 6.07) is 5.45. The van der Waals surface area contributed by atoms with Crippen LogP contribution in [0.5, 0.6) is 0 Å². The van der Waals surface area contributed by atoms with E-state index in [2.05, 4.69) is 25.3 Å². The molecule has 0 aliphatic rings. The molecular weight excluding hydrogens is 296 g/mol. The number of aromatic nitrogens is 6. The van der Waals surface area contributed by atoms with Gasteiger partial charge in [-0.05, 0) is 18.2 Å². The first-order chi connectivity index (χ1) is 9.79. The van der Waals surface area contributed by atoms with E-state index in [0.29, 0.717) is 17.3 Å². The molecule has 0 unspecified atom stereocenters. The SMILES string of the molecule is Clc1ccc2nnn(Cc3nc4cnccc4s3)c2n1. The molecule has 0 atom stereocenters. The van der Waals surface area contributed by atoms with Crippen molar-refractivity contribution in [2.75, 3.05) is 0 Å². The molecule has 0 aromatic carbocycles. The molecule has 0 radical (unpaired) electrons. The minimum atomic E-state index is 0.426. The van der Waals surface area contributed by atoms with Gasteiger partial charge in [0.1, 0.15) is 15.7 Å². The lowest BCUT2D eigenvalue weighted by Gasteiger charge is -1.97. The fourth-order valence-corrected chi connectivity index (χ4v) is 3.02. The summed E-state index contributed by atoms with van der Waals surface area (Å²) in [5.41, 5.74) is 2.27. The third-order valence-corrected chi connectivity index (χ3v) is 4.08. The van der Waals surface area contributed by atoms with Crippen LogP contribution in [0.4, 0.5) is 0 Å². The first-order valence-corrected chi connectivity index (χ1v) is 7.04. The van der Waals surface area contributed by atoms with E-state index in [1.165, 1.54) is 0 Å². The van der Waals surface area contributed by atoms with E-state index in [-0.39, 0.29) is 0 Å². The zero-order valence-corrected chi connectivity index (χ0v) is 11.6. The van der Waals surface area contributed by atoms with Crippen LogP contribution in [0.25, 0.3) is 21.4 Å². The maximum absolute atomic E-state index is 5.91. The van der Waals surface area contributed by atoms with E-state index >= 15 is 0 Å². The quantitative estimate of drug-likeness (QED) is 0.532. The normalized spacial score (nSPS) is 11.4. The van der Waals surface area contributed by atoms with Crippen LogP contribution in [-0.2, 0) is 6.54 Å². The Morgan fingerprint density at radius 2 is 2.10 bits per heavy atom. The molecule has 4 rings (SSSR count). The summed E-state index contributed by atoms with van der Waals surface area (Å²) < 4.78 is 2.80. The summed E-state index contributed by atoms with van der Waals surface area (Å²) in [5, 5.41) is 9.52. The smallest absolute Gasteiger partial charge is 0.180 e. The molecule has 6 nitrogen and oxygen atoms in total. The van der Waals surface area contributed by atoms with Crippen LogP contribution in [-0.4, -0.2) is 29.9 Å². The summed E-state index contributed by atoms with van der Waals surface area (Å²) in [6.07, 6.45) is 3.51. The zero-order chi connectivity index (χ0) is 13.5. The summed E-state index contributed by atoms with van der Waals surface area (Å²) in [4.78, 5) is 12.8. The fourth-order valence-electron chi connectivity index (χ4n) is 1.96. The average molecular weight is 303 g/mol. The molecule has 4 aromatic heterocycles. The number of rotatable bonds is 2. The molecule has 0 aliphatic carbocycles. The molecule has 98 valence electrons. The van der Waals surface area contributed by atoms with Gasteiger partial charge in [-0.25, -0.2) is 14.6 Å². The minimum absolute atomic E-state index is 0.426. The number of hydrogen-bond acceptors (Lipinski definition) is 6. The van der Waals surface area contributed by atoms with Crippen molar-refractivity contribution >= 4 is 44.3 Å². The molecule has 4 aromatic rings. The Hall–Kier alpha value is -2.12.